The van der Waals surface area contributed by atoms with Crippen molar-refractivity contribution in [2.75, 3.05) is 13.1 Å². The molecular formula is C22H29N5S2. The molecular weight excluding hydrogens is 398 g/mol. The lowest BCUT2D eigenvalue weighted by atomic mass is 9.95. The molecule has 29 heavy (non-hydrogen) atoms. The zero-order valence-corrected chi connectivity index (χ0v) is 18.7. The van der Waals surface area contributed by atoms with E-state index >= 15 is 0 Å². The average molecular weight is 428 g/mol. The number of aromatic nitrogens is 4. The van der Waals surface area contributed by atoms with Gasteiger partial charge in [0.25, 0.3) is 0 Å². The fourth-order valence-corrected chi connectivity index (χ4v) is 6.49. The summed E-state index contributed by atoms with van der Waals surface area (Å²) in [5.74, 6) is 1.58. The van der Waals surface area contributed by atoms with E-state index in [4.69, 9.17) is 22.3 Å². The summed E-state index contributed by atoms with van der Waals surface area (Å²) < 4.78 is 6.57. The van der Waals surface area contributed by atoms with Crippen LogP contribution < -0.4 is 0 Å². The van der Waals surface area contributed by atoms with Crippen molar-refractivity contribution in [3.8, 4) is 0 Å². The summed E-state index contributed by atoms with van der Waals surface area (Å²) in [5, 5.41) is 6.11. The molecule has 0 spiro atoms. The maximum atomic E-state index is 5.86. The highest BCUT2D eigenvalue weighted by atomic mass is 32.1. The van der Waals surface area contributed by atoms with Gasteiger partial charge < -0.3 is 4.57 Å². The van der Waals surface area contributed by atoms with E-state index in [1.54, 1.807) is 0 Å². The van der Waals surface area contributed by atoms with Gasteiger partial charge in [0, 0.05) is 18.5 Å². The standard InChI is InChI=1S/C22H29N5S2/c1-16-24-26(22(28)27(16)18-9-3-2-4-10-18)15-25-13-7-8-17(14-25)21-23-19-11-5-6-12-20(19)29-21/h5-6,11-12,17-18H,2-4,7-10,13-15H2,1H3/t17-/m0/s1. The topological polar surface area (TPSA) is 38.9 Å². The molecule has 3 heterocycles. The number of rotatable bonds is 4. The van der Waals surface area contributed by atoms with Crippen LogP contribution in [0.4, 0.5) is 0 Å². The highest BCUT2D eigenvalue weighted by molar-refractivity contribution is 7.71. The molecule has 5 nitrogen and oxygen atoms in total. The van der Waals surface area contributed by atoms with Crippen LogP contribution in [0, 0.1) is 11.7 Å². The van der Waals surface area contributed by atoms with Crippen LogP contribution >= 0.6 is 23.6 Å². The molecule has 0 amide bonds. The van der Waals surface area contributed by atoms with Crippen LogP contribution in [0.1, 0.15) is 67.7 Å². The Kier molecular flexibility index (Phi) is 5.54. The van der Waals surface area contributed by atoms with Crippen LogP contribution in [0.15, 0.2) is 24.3 Å². The van der Waals surface area contributed by atoms with Crippen molar-refractivity contribution in [3.63, 3.8) is 0 Å². The van der Waals surface area contributed by atoms with Crippen LogP contribution in [0.2, 0.25) is 0 Å². The molecule has 0 radical (unpaired) electrons. The molecule has 154 valence electrons. The third-order valence-electron chi connectivity index (χ3n) is 6.48. The van der Waals surface area contributed by atoms with E-state index in [1.165, 1.54) is 54.7 Å². The van der Waals surface area contributed by atoms with Crippen LogP contribution in [0.25, 0.3) is 10.2 Å². The van der Waals surface area contributed by atoms with Crippen molar-refractivity contribution in [1.82, 2.24) is 24.2 Å². The lowest BCUT2D eigenvalue weighted by Crippen LogP contribution is -2.36. The van der Waals surface area contributed by atoms with Crippen molar-refractivity contribution >= 4 is 33.8 Å². The van der Waals surface area contributed by atoms with E-state index in [1.807, 2.05) is 11.3 Å². The van der Waals surface area contributed by atoms with Gasteiger partial charge in [-0.3, -0.25) is 4.90 Å². The Hall–Kier alpha value is -1.57. The van der Waals surface area contributed by atoms with Crippen molar-refractivity contribution in [1.29, 1.82) is 0 Å². The Morgan fingerprint density at radius 1 is 1.10 bits per heavy atom. The number of piperidine rings is 1. The summed E-state index contributed by atoms with van der Waals surface area (Å²) in [5.41, 5.74) is 1.13. The van der Waals surface area contributed by atoms with Gasteiger partial charge in [0.05, 0.1) is 21.9 Å². The predicted molar refractivity (Wildman–Crippen MR) is 121 cm³/mol. The predicted octanol–water partition coefficient (Wildman–Crippen LogP) is 5.67. The molecule has 1 saturated heterocycles. The number of fused-ring (bicyclic) bond motifs is 1. The van der Waals surface area contributed by atoms with Gasteiger partial charge in [0.1, 0.15) is 5.82 Å². The Morgan fingerprint density at radius 2 is 1.93 bits per heavy atom. The summed E-state index contributed by atoms with van der Waals surface area (Å²) >= 11 is 7.71. The fourth-order valence-electron chi connectivity index (χ4n) is 5.02. The van der Waals surface area contributed by atoms with Gasteiger partial charge in [-0.25, -0.2) is 9.67 Å². The number of para-hydroxylation sites is 1. The molecule has 2 aromatic heterocycles. The second-order valence-electron chi connectivity index (χ2n) is 8.57. The lowest BCUT2D eigenvalue weighted by molar-refractivity contribution is 0.155. The van der Waals surface area contributed by atoms with Crippen molar-refractivity contribution in [3.05, 3.63) is 39.9 Å². The van der Waals surface area contributed by atoms with Gasteiger partial charge in [0.15, 0.2) is 4.77 Å². The van der Waals surface area contributed by atoms with E-state index in [-0.39, 0.29) is 0 Å². The first kappa shape index (κ1) is 19.4. The SMILES string of the molecule is Cc1nn(CN2CCC[C@H](c3nc4ccccc4s3)C2)c(=S)n1C1CCCCC1. The molecule has 1 saturated carbocycles. The number of aryl methyl sites for hydroxylation is 1. The quantitative estimate of drug-likeness (QED) is 0.503. The van der Waals surface area contributed by atoms with E-state index in [0.717, 1.165) is 35.9 Å². The first-order valence-electron chi connectivity index (χ1n) is 10.9. The zero-order valence-electron chi connectivity index (χ0n) is 17.1. The Balaban J connectivity index is 1.32. The molecule has 0 bridgehead atoms. The number of nitrogens with zero attached hydrogens (tertiary/aromatic N) is 5. The zero-order chi connectivity index (χ0) is 19.8. The molecule has 1 atom stereocenters. The van der Waals surface area contributed by atoms with Gasteiger partial charge in [-0.1, -0.05) is 31.4 Å². The molecule has 7 heteroatoms. The van der Waals surface area contributed by atoms with E-state index < -0.39 is 0 Å². The third kappa shape index (κ3) is 3.92. The summed E-state index contributed by atoms with van der Waals surface area (Å²) in [6, 6.07) is 9.02. The molecule has 1 aromatic carbocycles. The second kappa shape index (κ2) is 8.28. The molecule has 2 aliphatic rings. The normalized spacial score (nSPS) is 21.8. The summed E-state index contributed by atoms with van der Waals surface area (Å²) in [6.45, 7) is 5.05. The number of thiazole rings is 1. The molecule has 3 aromatic rings. The highest BCUT2D eigenvalue weighted by Gasteiger charge is 2.26. The lowest BCUT2D eigenvalue weighted by Gasteiger charge is -2.31. The smallest absolute Gasteiger partial charge is 0.199 e. The highest BCUT2D eigenvalue weighted by Crippen LogP contribution is 2.33. The molecule has 5 rings (SSSR count). The van der Waals surface area contributed by atoms with E-state index in [2.05, 4.69) is 45.3 Å². The van der Waals surface area contributed by atoms with Crippen molar-refractivity contribution < 1.29 is 0 Å². The van der Waals surface area contributed by atoms with Crippen LogP contribution in [0.3, 0.4) is 0 Å². The van der Waals surface area contributed by atoms with Gasteiger partial charge in [-0.2, -0.15) is 5.10 Å². The second-order valence-corrected chi connectivity index (χ2v) is 10.00. The maximum Gasteiger partial charge on any atom is 0.199 e. The largest absolute Gasteiger partial charge is 0.301 e. The number of benzene rings is 1. The fraction of sp³-hybridized carbons (Fsp3) is 0.591. The minimum atomic E-state index is 0.511. The van der Waals surface area contributed by atoms with Gasteiger partial charge >= 0.3 is 0 Å². The van der Waals surface area contributed by atoms with Gasteiger partial charge in [-0.15, -0.1) is 11.3 Å². The molecule has 1 aliphatic carbocycles. The van der Waals surface area contributed by atoms with E-state index in [9.17, 15) is 0 Å². The third-order valence-corrected chi connectivity index (χ3v) is 8.09. The molecule has 1 aliphatic heterocycles. The Morgan fingerprint density at radius 3 is 2.76 bits per heavy atom. The minimum absolute atomic E-state index is 0.511. The molecule has 2 fully saturated rings. The van der Waals surface area contributed by atoms with Crippen molar-refractivity contribution in [2.24, 2.45) is 0 Å². The Labute approximate surface area is 181 Å². The summed E-state index contributed by atoms with van der Waals surface area (Å²) in [7, 11) is 0. The van der Waals surface area contributed by atoms with Gasteiger partial charge in [-0.05, 0) is 63.5 Å². The number of hydrogen-bond acceptors (Lipinski definition) is 5. The molecule has 0 N–H and O–H groups in total. The molecule has 0 unspecified atom stereocenters. The number of hydrogen-bond donors (Lipinski definition) is 0. The first-order chi connectivity index (χ1) is 14.2. The minimum Gasteiger partial charge on any atom is -0.301 e. The summed E-state index contributed by atoms with van der Waals surface area (Å²) in [6.07, 6.45) is 8.89. The van der Waals surface area contributed by atoms with Crippen LogP contribution in [0.5, 0.6) is 0 Å². The Bertz CT molecular complexity index is 1010. The van der Waals surface area contributed by atoms with Crippen molar-refractivity contribution in [2.45, 2.75) is 70.5 Å². The average Bonchev–Trinajstić information content (AvgIpc) is 3.30. The van der Waals surface area contributed by atoms with Crippen LogP contribution in [-0.4, -0.2) is 37.3 Å². The van der Waals surface area contributed by atoms with E-state index in [0.29, 0.717) is 12.0 Å². The first-order valence-corrected chi connectivity index (χ1v) is 12.2. The van der Waals surface area contributed by atoms with Gasteiger partial charge in [0.2, 0.25) is 0 Å². The number of likely N-dealkylation sites (tertiary alicyclic amines) is 1. The summed E-state index contributed by atoms with van der Waals surface area (Å²) in [4.78, 5) is 7.43. The monoisotopic (exact) mass is 427 g/mol. The maximum absolute atomic E-state index is 5.86. The van der Waals surface area contributed by atoms with Crippen LogP contribution in [-0.2, 0) is 6.67 Å².